The van der Waals surface area contributed by atoms with E-state index in [1.54, 1.807) is 30.5 Å². The highest BCUT2D eigenvalue weighted by atomic mass is 35.5. The number of anilines is 2. The Morgan fingerprint density at radius 1 is 1.23 bits per heavy atom. The third-order valence-corrected chi connectivity index (χ3v) is 6.45. The second kappa shape index (κ2) is 9.44. The van der Waals surface area contributed by atoms with Crippen LogP contribution in [0.4, 0.5) is 16.2 Å². The maximum Gasteiger partial charge on any atom is 0.347 e. The molecule has 164 valence electrons. The first-order valence-corrected chi connectivity index (χ1v) is 11.1. The first kappa shape index (κ1) is 23.3. The van der Waals surface area contributed by atoms with Gasteiger partial charge in [0, 0.05) is 30.5 Å². The largest absolute Gasteiger partial charge is 0.378 e. The second-order valence-corrected chi connectivity index (χ2v) is 10.4. The third kappa shape index (κ3) is 5.48. The summed E-state index contributed by atoms with van der Waals surface area (Å²) < 4.78 is -0.121. The van der Waals surface area contributed by atoms with Crippen molar-refractivity contribution in [3.05, 3.63) is 59.1 Å². The Morgan fingerprint density at radius 2 is 1.84 bits per heavy atom. The van der Waals surface area contributed by atoms with Gasteiger partial charge in [-0.3, -0.25) is 5.21 Å². The number of rotatable bonds is 5. The van der Waals surface area contributed by atoms with Gasteiger partial charge in [0.25, 0.3) is 0 Å². The summed E-state index contributed by atoms with van der Waals surface area (Å²) in [5, 5.41) is 20.6. The molecule has 2 amide bonds. The summed E-state index contributed by atoms with van der Waals surface area (Å²) in [7, 11) is 3.95. The molecule has 1 fully saturated rings. The summed E-state index contributed by atoms with van der Waals surface area (Å²) in [5.41, 5.74) is 2.45. The minimum atomic E-state index is -0.797. The number of nitrogens with one attached hydrogen (secondary N) is 1. The minimum Gasteiger partial charge on any atom is -0.378 e. The fourth-order valence-electron chi connectivity index (χ4n) is 3.04. The molecule has 1 atom stereocenters. The molecule has 10 heteroatoms. The smallest absolute Gasteiger partial charge is 0.347 e. The van der Waals surface area contributed by atoms with Crippen LogP contribution in [0.5, 0.6) is 0 Å². The van der Waals surface area contributed by atoms with Crippen molar-refractivity contribution in [1.29, 1.82) is 0 Å². The van der Waals surface area contributed by atoms with Crippen LogP contribution in [0.3, 0.4) is 0 Å². The molecule has 1 aliphatic rings. The average molecular weight is 478 g/mol. The number of thioether (sulfide) groups is 1. The van der Waals surface area contributed by atoms with Crippen molar-refractivity contribution in [2.75, 3.05) is 24.3 Å². The molecule has 0 aliphatic carbocycles. The molecular weight excluding hydrogens is 454 g/mol. The van der Waals surface area contributed by atoms with Gasteiger partial charge in [0.05, 0.1) is 11.0 Å². The maximum absolute atomic E-state index is 12.7. The highest BCUT2D eigenvalue weighted by Gasteiger charge is 2.50. The molecule has 1 heterocycles. The zero-order valence-electron chi connectivity index (χ0n) is 17.6. The number of hydrazone groups is 1. The minimum absolute atomic E-state index is 0.467. The molecule has 0 unspecified atom stereocenters. The Hall–Kier alpha value is -2.33. The van der Waals surface area contributed by atoms with Crippen LogP contribution in [-0.4, -0.2) is 56.9 Å². The number of halogens is 1. The Bertz CT molecular complexity index is 980. The lowest BCUT2D eigenvalue weighted by molar-refractivity contribution is -0.114. The van der Waals surface area contributed by atoms with E-state index in [-0.39, 0.29) is 0 Å². The summed E-state index contributed by atoms with van der Waals surface area (Å²) in [5.74, 6) is 0. The number of hydroxylamine groups is 2. The highest BCUT2D eigenvalue weighted by molar-refractivity contribution is 8.24. The fourth-order valence-corrected chi connectivity index (χ4v) is 4.95. The zero-order valence-corrected chi connectivity index (χ0v) is 20.0. The van der Waals surface area contributed by atoms with Gasteiger partial charge >= 0.3 is 6.03 Å². The van der Waals surface area contributed by atoms with Gasteiger partial charge in [0.2, 0.25) is 0 Å². The average Bonchev–Trinajstić information content (AvgIpc) is 2.95. The number of benzene rings is 2. The summed E-state index contributed by atoms with van der Waals surface area (Å²) >= 11 is 12.7. The molecule has 1 aliphatic heterocycles. The van der Waals surface area contributed by atoms with Crippen LogP contribution >= 0.6 is 35.6 Å². The van der Waals surface area contributed by atoms with E-state index in [9.17, 15) is 10.0 Å². The molecule has 2 N–H and O–H groups in total. The molecule has 2 aromatic carbocycles. The van der Waals surface area contributed by atoms with Crippen LogP contribution in [0.25, 0.3) is 0 Å². The first-order chi connectivity index (χ1) is 14.6. The molecular formula is C21H24ClN5O2S2. The van der Waals surface area contributed by atoms with Gasteiger partial charge in [0.1, 0.15) is 0 Å². The molecule has 1 saturated heterocycles. The van der Waals surface area contributed by atoms with E-state index in [2.05, 4.69) is 10.4 Å². The monoisotopic (exact) mass is 477 g/mol. The molecule has 0 saturated carbocycles. The van der Waals surface area contributed by atoms with Crippen LogP contribution in [0.1, 0.15) is 19.4 Å². The second-order valence-electron chi connectivity index (χ2n) is 7.70. The van der Waals surface area contributed by atoms with Crippen molar-refractivity contribution in [2.45, 2.75) is 24.8 Å². The van der Waals surface area contributed by atoms with Gasteiger partial charge in [0.15, 0.2) is 10.5 Å². The van der Waals surface area contributed by atoms with Gasteiger partial charge in [-0.15, -0.1) is 0 Å². The molecule has 0 spiro atoms. The van der Waals surface area contributed by atoms with Crippen molar-refractivity contribution < 1.29 is 10.0 Å². The molecule has 3 rings (SSSR count). The predicted octanol–water partition coefficient (Wildman–Crippen LogP) is 5.10. The number of thiocarbonyl (C=S) groups is 1. The number of hydrogen-bond acceptors (Lipinski definition) is 6. The first-order valence-electron chi connectivity index (χ1n) is 9.47. The number of carbonyl (C=O) groups is 1. The van der Waals surface area contributed by atoms with Gasteiger partial charge in [-0.05, 0) is 55.8 Å². The number of hydrogen-bond donors (Lipinski definition) is 2. The van der Waals surface area contributed by atoms with Crippen LogP contribution in [0, 0.1) is 0 Å². The molecule has 0 bridgehead atoms. The van der Waals surface area contributed by atoms with Gasteiger partial charge in [-0.25, -0.2) is 9.80 Å². The van der Waals surface area contributed by atoms with Gasteiger partial charge in [-0.2, -0.15) is 10.2 Å². The van der Waals surface area contributed by atoms with Gasteiger partial charge < -0.3 is 10.2 Å². The molecule has 2 aromatic rings. The van der Waals surface area contributed by atoms with Gasteiger partial charge in [-0.1, -0.05) is 47.7 Å². The number of carbonyl (C=O) groups excluding carboxylic acids is 1. The number of nitrogens with zero attached hydrogens (tertiary/aromatic N) is 4. The van der Waals surface area contributed by atoms with E-state index in [1.807, 2.05) is 57.1 Å². The van der Waals surface area contributed by atoms with E-state index < -0.39 is 16.9 Å². The Labute approximate surface area is 196 Å². The Kier molecular flexibility index (Phi) is 7.10. The van der Waals surface area contributed by atoms with E-state index >= 15 is 0 Å². The third-order valence-electron chi connectivity index (χ3n) is 4.67. The predicted molar refractivity (Wildman–Crippen MR) is 132 cm³/mol. The van der Waals surface area contributed by atoms with Crippen molar-refractivity contribution in [3.8, 4) is 0 Å². The molecule has 0 aromatic heterocycles. The quantitative estimate of drug-likeness (QED) is 0.270. The van der Waals surface area contributed by atoms with Crippen molar-refractivity contribution >= 4 is 63.5 Å². The Balaban J connectivity index is 1.79. The molecule has 7 nitrogen and oxygen atoms in total. The summed E-state index contributed by atoms with van der Waals surface area (Å²) in [6.07, 6.45) is 0.862. The number of amides is 2. The summed E-state index contributed by atoms with van der Waals surface area (Å²) in [6, 6.07) is 13.8. The lowest BCUT2D eigenvalue weighted by Gasteiger charge is -2.34. The maximum atomic E-state index is 12.7. The molecule has 31 heavy (non-hydrogen) atoms. The standard InChI is InChI=1S/C21H24ClN5O2S2/c1-21(2)18(27(29)19(28)24-16-9-7-15(22)8-10-16)26(20(30)31-21)23-13-14-5-11-17(12-6-14)25(3)4/h5-13,18,29H,1-4H3,(H,24,28)/t18-/m0/s1. The lowest BCUT2D eigenvalue weighted by atomic mass is 10.1. The van der Waals surface area contributed by atoms with Crippen molar-refractivity contribution in [1.82, 2.24) is 10.1 Å². The normalized spacial score (nSPS) is 17.8. The van der Waals surface area contributed by atoms with Crippen LogP contribution < -0.4 is 10.2 Å². The van der Waals surface area contributed by atoms with E-state index in [0.717, 1.165) is 11.3 Å². The van der Waals surface area contributed by atoms with E-state index in [4.69, 9.17) is 23.8 Å². The topological polar surface area (TPSA) is 71.4 Å². The molecule has 0 radical (unpaired) electrons. The summed E-state index contributed by atoms with van der Waals surface area (Å²) in [6.45, 7) is 3.80. The van der Waals surface area contributed by atoms with Crippen LogP contribution in [0.15, 0.2) is 53.6 Å². The zero-order chi connectivity index (χ0) is 22.8. The lowest BCUT2D eigenvalue weighted by Crippen LogP contribution is -2.54. The SMILES string of the molecule is CN(C)c1ccc(C=NN2C(=S)SC(C)(C)[C@@H]2N(O)C(=O)Nc2ccc(Cl)cc2)cc1. The van der Waals surface area contributed by atoms with E-state index in [0.29, 0.717) is 20.1 Å². The van der Waals surface area contributed by atoms with Crippen molar-refractivity contribution in [2.24, 2.45) is 5.10 Å². The fraction of sp³-hybridized carbons (Fsp3) is 0.286. The van der Waals surface area contributed by atoms with Crippen LogP contribution in [0.2, 0.25) is 5.02 Å². The summed E-state index contributed by atoms with van der Waals surface area (Å²) in [4.78, 5) is 14.7. The van der Waals surface area contributed by atoms with Crippen molar-refractivity contribution in [3.63, 3.8) is 0 Å². The van der Waals surface area contributed by atoms with Crippen LogP contribution in [-0.2, 0) is 0 Å². The van der Waals surface area contributed by atoms with E-state index in [1.165, 1.54) is 16.8 Å². The Morgan fingerprint density at radius 3 is 2.42 bits per heavy atom. The highest BCUT2D eigenvalue weighted by Crippen LogP contribution is 2.42. The number of urea groups is 1.